The van der Waals surface area contributed by atoms with Crippen molar-refractivity contribution in [3.05, 3.63) is 89.0 Å². The zero-order valence-electron chi connectivity index (χ0n) is 22.5. The number of nitro groups is 1. The van der Waals surface area contributed by atoms with E-state index < -0.39 is 38.0 Å². The summed E-state index contributed by atoms with van der Waals surface area (Å²) in [5.74, 6) is 0.486. The van der Waals surface area contributed by atoms with Crippen LogP contribution in [-0.2, 0) is 14.8 Å². The Morgan fingerprint density at radius 1 is 1.02 bits per heavy atom. The van der Waals surface area contributed by atoms with E-state index in [1.807, 2.05) is 0 Å². The van der Waals surface area contributed by atoms with Gasteiger partial charge in [-0.1, -0.05) is 24.8 Å². The first-order valence-electron chi connectivity index (χ1n) is 11.9. The number of sulfonamides is 1. The summed E-state index contributed by atoms with van der Waals surface area (Å²) in [4.78, 5) is 23.1. The normalized spacial score (nSPS) is 11.0. The van der Waals surface area contributed by atoms with Gasteiger partial charge in [-0.05, 0) is 42.0 Å². The van der Waals surface area contributed by atoms with Gasteiger partial charge in [0.1, 0.15) is 24.7 Å². The summed E-state index contributed by atoms with van der Waals surface area (Å²) in [6.45, 7) is 3.09. The van der Waals surface area contributed by atoms with Crippen molar-refractivity contribution in [3.63, 3.8) is 0 Å². The van der Waals surface area contributed by atoms with Gasteiger partial charge in [-0.3, -0.25) is 19.2 Å². The van der Waals surface area contributed by atoms with Crippen molar-refractivity contribution >= 4 is 33.5 Å². The number of methoxy groups -OCH3 is 3. The first-order chi connectivity index (χ1) is 19.7. The minimum absolute atomic E-state index is 0.0497. The molecule has 0 spiro atoms. The monoisotopic (exact) mass is 584 g/mol. The second-order valence-electron chi connectivity index (χ2n) is 8.08. The van der Waals surface area contributed by atoms with Gasteiger partial charge in [0, 0.05) is 12.1 Å². The predicted molar refractivity (Wildman–Crippen MR) is 152 cm³/mol. The van der Waals surface area contributed by atoms with Gasteiger partial charge in [-0.15, -0.1) is 0 Å². The lowest BCUT2D eigenvalue weighted by molar-refractivity contribution is -0.387. The van der Waals surface area contributed by atoms with E-state index in [2.05, 4.69) is 17.1 Å². The number of nitrogens with one attached hydrogen (secondary N) is 1. The van der Waals surface area contributed by atoms with E-state index in [1.54, 1.807) is 24.3 Å². The molecule has 0 aliphatic rings. The third-order valence-corrected chi connectivity index (χ3v) is 7.33. The quantitative estimate of drug-likeness (QED) is 0.129. The molecule has 3 aromatic rings. The minimum atomic E-state index is -4.66. The number of carbonyl (C=O) groups excluding carboxylic acids is 1. The van der Waals surface area contributed by atoms with Crippen molar-refractivity contribution in [2.75, 3.05) is 38.8 Å². The fourth-order valence-electron chi connectivity index (χ4n) is 3.61. The highest BCUT2D eigenvalue weighted by atomic mass is 32.2. The van der Waals surface area contributed by atoms with Gasteiger partial charge in [0.2, 0.25) is 0 Å². The molecule has 3 aromatic carbocycles. The SMILES string of the molecule is C=CCOc1ccc(/C=N\NC(=O)CN(c2ccc(OC)cc2OC)S(=O)(=O)c2ccccc2[N+](=O)[O-])cc1OC. The topological polar surface area (TPSA) is 159 Å². The zero-order chi connectivity index (χ0) is 30.0. The number of anilines is 1. The molecular weight excluding hydrogens is 556 g/mol. The molecule has 13 nitrogen and oxygen atoms in total. The average molecular weight is 585 g/mol. The zero-order valence-corrected chi connectivity index (χ0v) is 23.3. The van der Waals surface area contributed by atoms with Crippen LogP contribution in [0.5, 0.6) is 23.0 Å². The number of benzene rings is 3. The maximum Gasteiger partial charge on any atom is 0.289 e. The van der Waals surface area contributed by atoms with Crippen LogP contribution in [0.1, 0.15) is 5.56 Å². The molecule has 1 amide bonds. The number of nitro benzene ring substituents is 1. The summed E-state index contributed by atoms with van der Waals surface area (Å²) in [6.07, 6.45) is 2.91. The van der Waals surface area contributed by atoms with Crippen molar-refractivity contribution in [1.29, 1.82) is 0 Å². The van der Waals surface area contributed by atoms with Crippen molar-refractivity contribution < 1.29 is 37.1 Å². The lowest BCUT2D eigenvalue weighted by Crippen LogP contribution is -2.40. The summed E-state index contributed by atoms with van der Waals surface area (Å²) in [7, 11) is -0.463. The van der Waals surface area contributed by atoms with Gasteiger partial charge in [0.05, 0.1) is 38.2 Å². The highest BCUT2D eigenvalue weighted by molar-refractivity contribution is 7.93. The van der Waals surface area contributed by atoms with E-state index in [1.165, 1.54) is 57.9 Å². The number of carbonyl (C=O) groups is 1. The number of rotatable bonds is 14. The molecule has 0 saturated carbocycles. The van der Waals surface area contributed by atoms with Crippen LogP contribution in [0.3, 0.4) is 0 Å². The fourth-order valence-corrected chi connectivity index (χ4v) is 5.20. The van der Waals surface area contributed by atoms with Crippen molar-refractivity contribution in [3.8, 4) is 23.0 Å². The Morgan fingerprint density at radius 2 is 1.76 bits per heavy atom. The van der Waals surface area contributed by atoms with E-state index >= 15 is 0 Å². The largest absolute Gasteiger partial charge is 0.497 e. The average Bonchev–Trinajstić information content (AvgIpc) is 2.98. The predicted octanol–water partition coefficient (Wildman–Crippen LogP) is 3.53. The van der Waals surface area contributed by atoms with Crippen molar-refractivity contribution in [2.24, 2.45) is 5.10 Å². The minimum Gasteiger partial charge on any atom is -0.497 e. The van der Waals surface area contributed by atoms with Crippen LogP contribution in [-0.4, -0.2) is 59.9 Å². The van der Waals surface area contributed by atoms with Crippen LogP contribution in [0.15, 0.2) is 83.3 Å². The third-order valence-electron chi connectivity index (χ3n) is 5.52. The maximum absolute atomic E-state index is 13.8. The molecule has 3 rings (SSSR count). The number of ether oxygens (including phenoxy) is 4. The van der Waals surface area contributed by atoms with E-state index in [4.69, 9.17) is 18.9 Å². The number of hydrogen-bond acceptors (Lipinski definition) is 10. The van der Waals surface area contributed by atoms with Crippen molar-refractivity contribution in [2.45, 2.75) is 4.90 Å². The molecule has 14 heteroatoms. The first-order valence-corrected chi connectivity index (χ1v) is 13.3. The summed E-state index contributed by atoms with van der Waals surface area (Å²) in [5, 5.41) is 15.5. The molecule has 0 fully saturated rings. The molecule has 0 bridgehead atoms. The van der Waals surface area contributed by atoms with Gasteiger partial charge in [-0.2, -0.15) is 5.10 Å². The third kappa shape index (κ3) is 7.30. The summed E-state index contributed by atoms with van der Waals surface area (Å²) < 4.78 is 49.6. The smallest absolute Gasteiger partial charge is 0.289 e. The summed E-state index contributed by atoms with van der Waals surface area (Å²) >= 11 is 0. The summed E-state index contributed by atoms with van der Waals surface area (Å²) in [5.41, 5.74) is 2.12. The lowest BCUT2D eigenvalue weighted by atomic mass is 10.2. The molecule has 0 radical (unpaired) electrons. The Kier molecular flexibility index (Phi) is 10.2. The molecule has 0 aliphatic carbocycles. The fraction of sp³-hybridized carbons (Fsp3) is 0.185. The Labute approximate surface area is 236 Å². The van der Waals surface area contributed by atoms with E-state index in [0.29, 0.717) is 27.1 Å². The Hall–Kier alpha value is -5.11. The molecule has 0 unspecified atom stereocenters. The molecule has 0 heterocycles. The van der Waals surface area contributed by atoms with Gasteiger partial charge < -0.3 is 18.9 Å². The highest BCUT2D eigenvalue weighted by Crippen LogP contribution is 2.37. The molecule has 1 N–H and O–H groups in total. The van der Waals surface area contributed by atoms with E-state index in [0.717, 1.165) is 12.1 Å². The number of para-hydroxylation sites is 1. The van der Waals surface area contributed by atoms with Crippen LogP contribution in [0.2, 0.25) is 0 Å². The Bertz CT molecular complexity index is 1560. The second kappa shape index (κ2) is 13.8. The van der Waals surface area contributed by atoms with Gasteiger partial charge in [0.25, 0.3) is 21.6 Å². The lowest BCUT2D eigenvalue weighted by Gasteiger charge is -2.25. The molecule has 0 saturated heterocycles. The van der Waals surface area contributed by atoms with E-state index in [9.17, 15) is 23.3 Å². The van der Waals surface area contributed by atoms with Crippen LogP contribution in [0.25, 0.3) is 0 Å². The first kappa shape index (κ1) is 30.4. The Morgan fingerprint density at radius 3 is 2.41 bits per heavy atom. The van der Waals surface area contributed by atoms with Gasteiger partial charge in [0.15, 0.2) is 16.4 Å². The van der Waals surface area contributed by atoms with Crippen LogP contribution >= 0.6 is 0 Å². The molecular formula is C27H28N4O9S. The van der Waals surface area contributed by atoms with Gasteiger partial charge >= 0.3 is 0 Å². The summed E-state index contributed by atoms with van der Waals surface area (Å²) in [6, 6.07) is 14.0. The number of amides is 1. The molecule has 0 aromatic heterocycles. The number of hydrazone groups is 1. The van der Waals surface area contributed by atoms with Crippen molar-refractivity contribution in [1.82, 2.24) is 5.43 Å². The second-order valence-corrected chi connectivity index (χ2v) is 9.91. The van der Waals surface area contributed by atoms with Crippen LogP contribution < -0.4 is 28.7 Å². The maximum atomic E-state index is 13.8. The molecule has 41 heavy (non-hydrogen) atoms. The molecule has 216 valence electrons. The molecule has 0 aliphatic heterocycles. The number of nitrogens with zero attached hydrogens (tertiary/aromatic N) is 3. The standard InChI is InChI=1S/C27H28N4O9S/c1-5-14-40-23-13-10-19(15-25(23)39-4)17-28-29-27(32)18-30(21-12-11-20(37-2)16-24(21)38-3)41(35,36)26-9-7-6-8-22(26)31(33)34/h5-13,15-17H,1,14,18H2,2-4H3,(H,29,32)/b28-17-. The van der Waals surface area contributed by atoms with Crippen LogP contribution in [0, 0.1) is 10.1 Å². The molecule has 0 atom stereocenters. The van der Waals surface area contributed by atoms with E-state index in [-0.39, 0.29) is 18.0 Å². The van der Waals surface area contributed by atoms with Gasteiger partial charge in [-0.25, -0.2) is 13.8 Å². The number of hydrogen-bond donors (Lipinski definition) is 1. The van der Waals surface area contributed by atoms with Crippen LogP contribution in [0.4, 0.5) is 11.4 Å². The Balaban J connectivity index is 1.94. The highest BCUT2D eigenvalue weighted by Gasteiger charge is 2.34.